The Kier molecular flexibility index (Phi) is 5.38. The molecule has 0 aromatic heterocycles. The zero-order valence-corrected chi connectivity index (χ0v) is 16.3. The molecule has 4 aromatic rings. The summed E-state index contributed by atoms with van der Waals surface area (Å²) in [4.78, 5) is 0. The van der Waals surface area contributed by atoms with Gasteiger partial charge >= 0.3 is 0 Å². The van der Waals surface area contributed by atoms with Gasteiger partial charge in [-0.1, -0.05) is 84.4 Å². The molecule has 4 aromatic carbocycles. The number of phenols is 1. The molecule has 0 radical (unpaired) electrons. The summed E-state index contributed by atoms with van der Waals surface area (Å²) in [7, 11) is 0. The van der Waals surface area contributed by atoms with Crippen molar-refractivity contribution in [3.63, 3.8) is 0 Å². The minimum Gasteiger partial charge on any atom is -0.508 e. The highest BCUT2D eigenvalue weighted by molar-refractivity contribution is 7.99. The van der Waals surface area contributed by atoms with E-state index in [1.807, 2.05) is 60.3 Å². The van der Waals surface area contributed by atoms with E-state index < -0.39 is 0 Å². The van der Waals surface area contributed by atoms with Gasteiger partial charge in [-0.05, 0) is 40.1 Å². The zero-order valence-electron chi connectivity index (χ0n) is 14.7. The summed E-state index contributed by atoms with van der Waals surface area (Å²) in [6.07, 6.45) is 0. The van der Waals surface area contributed by atoms with E-state index in [9.17, 15) is 5.11 Å². The highest BCUT2D eigenvalue weighted by atomic mass is 35.5. The first-order valence-electron chi connectivity index (χ1n) is 8.84. The van der Waals surface area contributed by atoms with Gasteiger partial charge in [0.1, 0.15) is 5.75 Å². The third-order valence-corrected chi connectivity index (χ3v) is 6.24. The largest absolute Gasteiger partial charge is 0.508 e. The molecule has 134 valence electrons. The topological polar surface area (TPSA) is 20.2 Å². The minimum atomic E-state index is 0.00794. The molecule has 0 bridgehead atoms. The third-order valence-electron chi connectivity index (χ3n) is 4.64. The van der Waals surface area contributed by atoms with Crippen LogP contribution in [0.2, 0.25) is 5.02 Å². The number of aromatic hydroxyl groups is 1. The molecule has 27 heavy (non-hydrogen) atoms. The molecule has 0 fully saturated rings. The average Bonchev–Trinajstić information content (AvgIpc) is 2.71. The first-order valence-corrected chi connectivity index (χ1v) is 10.3. The van der Waals surface area contributed by atoms with E-state index in [-0.39, 0.29) is 5.25 Å². The van der Waals surface area contributed by atoms with Crippen LogP contribution in [-0.4, -0.2) is 5.11 Å². The monoisotopic (exact) mass is 390 g/mol. The lowest BCUT2D eigenvalue weighted by Crippen LogP contribution is -2.00. The predicted octanol–water partition coefficient (Wildman–Crippen LogP) is 7.22. The molecule has 0 saturated carbocycles. The molecule has 1 N–H and O–H groups in total. The van der Waals surface area contributed by atoms with E-state index in [2.05, 4.69) is 36.4 Å². The van der Waals surface area contributed by atoms with Gasteiger partial charge in [-0.25, -0.2) is 0 Å². The second-order valence-electron chi connectivity index (χ2n) is 6.45. The van der Waals surface area contributed by atoms with Crippen LogP contribution in [-0.2, 0) is 5.75 Å². The van der Waals surface area contributed by atoms with Crippen molar-refractivity contribution in [3.05, 3.63) is 113 Å². The van der Waals surface area contributed by atoms with Gasteiger partial charge in [0.15, 0.2) is 0 Å². The van der Waals surface area contributed by atoms with Gasteiger partial charge in [0, 0.05) is 16.3 Å². The van der Waals surface area contributed by atoms with Crippen LogP contribution in [0.15, 0.2) is 91.0 Å². The smallest absolute Gasteiger partial charge is 0.120 e. The number of thioether (sulfide) groups is 1. The number of hydrogen-bond acceptors (Lipinski definition) is 2. The normalized spacial score (nSPS) is 12.2. The Labute approximate surface area is 168 Å². The predicted molar refractivity (Wildman–Crippen MR) is 117 cm³/mol. The summed E-state index contributed by atoms with van der Waals surface area (Å²) in [5, 5.41) is 13.7. The molecule has 0 spiro atoms. The van der Waals surface area contributed by atoms with Gasteiger partial charge in [0.05, 0.1) is 5.25 Å². The van der Waals surface area contributed by atoms with Gasteiger partial charge in [0.25, 0.3) is 0 Å². The van der Waals surface area contributed by atoms with Crippen LogP contribution in [0.4, 0.5) is 0 Å². The molecular formula is C24H19ClOS. The maximum absolute atomic E-state index is 10.8. The van der Waals surface area contributed by atoms with Crippen molar-refractivity contribution in [3.8, 4) is 5.75 Å². The lowest BCUT2D eigenvalue weighted by Gasteiger charge is -2.21. The summed E-state index contributed by atoms with van der Waals surface area (Å²) >= 11 is 7.92. The average molecular weight is 391 g/mol. The minimum absolute atomic E-state index is 0.00794. The molecule has 0 aliphatic carbocycles. The second-order valence-corrected chi connectivity index (χ2v) is 7.98. The summed E-state index contributed by atoms with van der Waals surface area (Å²) in [5.41, 5.74) is 3.35. The lowest BCUT2D eigenvalue weighted by atomic mass is 9.97. The Morgan fingerprint density at radius 1 is 0.778 bits per heavy atom. The maximum atomic E-state index is 10.8. The standard InChI is InChI=1S/C24H19ClOS/c25-20-13-10-19(11-14-20)24(27-16-17-6-2-1-3-7-17)23-21-9-5-4-8-18(21)12-15-22(23)26/h1-15,24,26H,16H2. The molecule has 0 amide bonds. The Morgan fingerprint density at radius 3 is 2.26 bits per heavy atom. The van der Waals surface area contributed by atoms with Gasteiger partial charge in [-0.15, -0.1) is 11.8 Å². The van der Waals surface area contributed by atoms with Crippen molar-refractivity contribution in [2.45, 2.75) is 11.0 Å². The van der Waals surface area contributed by atoms with Crippen LogP contribution in [0.3, 0.4) is 0 Å². The van der Waals surface area contributed by atoms with Crippen LogP contribution in [0.25, 0.3) is 10.8 Å². The summed E-state index contributed by atoms with van der Waals surface area (Å²) < 4.78 is 0. The van der Waals surface area contributed by atoms with Gasteiger partial charge in [-0.2, -0.15) is 0 Å². The van der Waals surface area contributed by atoms with Crippen molar-refractivity contribution in [1.29, 1.82) is 0 Å². The van der Waals surface area contributed by atoms with E-state index in [4.69, 9.17) is 11.6 Å². The highest BCUT2D eigenvalue weighted by Crippen LogP contribution is 2.44. The molecule has 1 unspecified atom stereocenters. The van der Waals surface area contributed by atoms with Crippen molar-refractivity contribution < 1.29 is 5.11 Å². The quantitative estimate of drug-likeness (QED) is 0.388. The maximum Gasteiger partial charge on any atom is 0.120 e. The molecule has 1 atom stereocenters. The van der Waals surface area contributed by atoms with Crippen molar-refractivity contribution in [1.82, 2.24) is 0 Å². The Hall–Kier alpha value is -2.42. The van der Waals surface area contributed by atoms with E-state index in [1.165, 1.54) is 5.56 Å². The number of rotatable bonds is 5. The molecule has 0 aliphatic heterocycles. The summed E-state index contributed by atoms with van der Waals surface area (Å²) in [5.74, 6) is 1.19. The molecule has 0 heterocycles. The fraction of sp³-hybridized carbons (Fsp3) is 0.0833. The molecule has 1 nitrogen and oxygen atoms in total. The highest BCUT2D eigenvalue weighted by Gasteiger charge is 2.21. The third kappa shape index (κ3) is 3.97. The first kappa shape index (κ1) is 18.0. The molecule has 3 heteroatoms. The molecule has 0 aliphatic rings. The Bertz CT molecular complexity index is 1040. The van der Waals surface area contributed by atoms with Crippen molar-refractivity contribution in [2.24, 2.45) is 0 Å². The van der Waals surface area contributed by atoms with Crippen molar-refractivity contribution >= 4 is 34.1 Å². The van der Waals surface area contributed by atoms with Gasteiger partial charge in [0.2, 0.25) is 0 Å². The molecular weight excluding hydrogens is 372 g/mol. The number of phenolic OH excluding ortho intramolecular Hbond substituents is 1. The van der Waals surface area contributed by atoms with Gasteiger partial charge < -0.3 is 5.11 Å². The molecule has 4 rings (SSSR count). The molecule has 0 saturated heterocycles. The summed E-state index contributed by atoms with van der Waals surface area (Å²) in [6, 6.07) is 30.3. The Balaban J connectivity index is 1.80. The summed E-state index contributed by atoms with van der Waals surface area (Å²) in [6.45, 7) is 0. The zero-order chi connectivity index (χ0) is 18.6. The Morgan fingerprint density at radius 2 is 1.48 bits per heavy atom. The van der Waals surface area contributed by atoms with Crippen LogP contribution in [0.5, 0.6) is 5.75 Å². The van der Waals surface area contributed by atoms with Crippen LogP contribution >= 0.6 is 23.4 Å². The SMILES string of the molecule is Oc1ccc2ccccc2c1C(SCc1ccccc1)c1ccc(Cl)cc1. The van der Waals surface area contributed by atoms with E-state index in [1.54, 1.807) is 6.07 Å². The van der Waals surface area contributed by atoms with Crippen molar-refractivity contribution in [2.75, 3.05) is 0 Å². The fourth-order valence-corrected chi connectivity index (χ4v) is 4.74. The number of hydrogen-bond donors (Lipinski definition) is 1. The number of benzene rings is 4. The van der Waals surface area contributed by atoms with Gasteiger partial charge in [-0.3, -0.25) is 0 Å². The first-order chi connectivity index (χ1) is 13.2. The van der Waals surface area contributed by atoms with E-state index >= 15 is 0 Å². The van der Waals surface area contributed by atoms with E-state index in [0.717, 1.165) is 27.7 Å². The fourth-order valence-electron chi connectivity index (χ4n) is 3.30. The second kappa shape index (κ2) is 8.08. The lowest BCUT2D eigenvalue weighted by molar-refractivity contribution is 0.470. The van der Waals surface area contributed by atoms with Crippen LogP contribution in [0.1, 0.15) is 21.9 Å². The van der Waals surface area contributed by atoms with Crippen LogP contribution < -0.4 is 0 Å². The van der Waals surface area contributed by atoms with E-state index in [0.29, 0.717) is 10.8 Å². The van der Waals surface area contributed by atoms with Crippen LogP contribution in [0, 0.1) is 0 Å². The number of halogens is 1. The number of fused-ring (bicyclic) bond motifs is 1.